The van der Waals surface area contributed by atoms with Gasteiger partial charge in [0.15, 0.2) is 0 Å². The number of fused-ring (bicyclic) bond motifs is 1. The van der Waals surface area contributed by atoms with Crippen LogP contribution in [0.5, 0.6) is 17.2 Å². The SMILES string of the molecule is COc1ccc(CC2Oc3cc(CCCCc4ccc(Cl)cc4)c(O)cc3C2C)cc1. The predicted octanol–water partition coefficient (Wildman–Crippen LogP) is 6.73. The van der Waals surface area contributed by atoms with E-state index in [1.807, 2.05) is 36.4 Å². The number of aryl methyl sites for hydroxylation is 2. The van der Waals surface area contributed by atoms with E-state index in [-0.39, 0.29) is 12.0 Å². The Morgan fingerprint density at radius 2 is 1.61 bits per heavy atom. The highest BCUT2D eigenvalue weighted by Crippen LogP contribution is 2.42. The van der Waals surface area contributed by atoms with Gasteiger partial charge in [0.25, 0.3) is 0 Å². The zero-order valence-electron chi connectivity index (χ0n) is 18.1. The minimum absolute atomic E-state index is 0.0722. The molecule has 1 aliphatic heterocycles. The van der Waals surface area contributed by atoms with Crippen LogP contribution in [0.15, 0.2) is 60.7 Å². The number of benzene rings is 3. The second-order valence-corrected chi connectivity index (χ2v) is 8.79. The smallest absolute Gasteiger partial charge is 0.123 e. The fourth-order valence-corrected chi connectivity index (χ4v) is 4.38. The van der Waals surface area contributed by atoms with Gasteiger partial charge in [-0.1, -0.05) is 42.8 Å². The molecule has 4 rings (SSSR count). The first kappa shape index (κ1) is 21.6. The van der Waals surface area contributed by atoms with Crippen molar-refractivity contribution < 1.29 is 14.6 Å². The van der Waals surface area contributed by atoms with E-state index in [2.05, 4.69) is 31.2 Å². The Bertz CT molecular complexity index is 1010. The molecule has 3 aromatic carbocycles. The highest BCUT2D eigenvalue weighted by molar-refractivity contribution is 6.30. The number of hydrogen-bond donors (Lipinski definition) is 1. The third-order valence-corrected chi connectivity index (χ3v) is 6.46. The molecule has 31 heavy (non-hydrogen) atoms. The first-order chi connectivity index (χ1) is 15.0. The highest BCUT2D eigenvalue weighted by atomic mass is 35.5. The minimum Gasteiger partial charge on any atom is -0.508 e. The normalized spacial score (nSPS) is 17.3. The lowest BCUT2D eigenvalue weighted by Gasteiger charge is -2.15. The topological polar surface area (TPSA) is 38.7 Å². The number of phenols is 1. The van der Waals surface area contributed by atoms with Crippen LogP contribution in [0.3, 0.4) is 0 Å². The van der Waals surface area contributed by atoms with Crippen molar-refractivity contribution in [3.63, 3.8) is 0 Å². The summed E-state index contributed by atoms with van der Waals surface area (Å²) in [5, 5.41) is 11.4. The molecule has 1 heterocycles. The summed E-state index contributed by atoms with van der Waals surface area (Å²) in [7, 11) is 1.68. The van der Waals surface area contributed by atoms with Gasteiger partial charge in [-0.3, -0.25) is 0 Å². The lowest BCUT2D eigenvalue weighted by atomic mass is 9.92. The van der Waals surface area contributed by atoms with E-state index in [1.54, 1.807) is 7.11 Å². The molecule has 162 valence electrons. The van der Waals surface area contributed by atoms with Gasteiger partial charge in [0.05, 0.1) is 7.11 Å². The molecule has 3 aromatic rings. The molecule has 0 amide bonds. The number of halogens is 1. The van der Waals surface area contributed by atoms with Gasteiger partial charge in [-0.05, 0) is 78.8 Å². The minimum atomic E-state index is 0.0722. The van der Waals surface area contributed by atoms with Crippen LogP contribution in [0.2, 0.25) is 5.02 Å². The molecule has 0 aliphatic carbocycles. The van der Waals surface area contributed by atoms with Gasteiger partial charge in [0.1, 0.15) is 23.4 Å². The molecule has 3 nitrogen and oxygen atoms in total. The van der Waals surface area contributed by atoms with Crippen molar-refractivity contribution in [3.05, 3.63) is 87.9 Å². The van der Waals surface area contributed by atoms with E-state index >= 15 is 0 Å². The highest BCUT2D eigenvalue weighted by Gasteiger charge is 2.32. The molecule has 1 aliphatic rings. The van der Waals surface area contributed by atoms with Gasteiger partial charge in [-0.25, -0.2) is 0 Å². The second kappa shape index (κ2) is 9.65. The number of hydrogen-bond acceptors (Lipinski definition) is 3. The van der Waals surface area contributed by atoms with E-state index in [1.165, 1.54) is 11.1 Å². The van der Waals surface area contributed by atoms with Crippen molar-refractivity contribution in [2.75, 3.05) is 7.11 Å². The van der Waals surface area contributed by atoms with Crippen molar-refractivity contribution in [1.82, 2.24) is 0 Å². The number of unbranched alkanes of at least 4 members (excludes halogenated alkanes) is 1. The zero-order chi connectivity index (χ0) is 21.8. The molecule has 2 unspecified atom stereocenters. The molecule has 4 heteroatoms. The Labute approximate surface area is 189 Å². The lowest BCUT2D eigenvalue weighted by molar-refractivity contribution is 0.211. The van der Waals surface area contributed by atoms with Gasteiger partial charge < -0.3 is 14.6 Å². The summed E-state index contributed by atoms with van der Waals surface area (Å²) in [6, 6.07) is 20.1. The summed E-state index contributed by atoms with van der Waals surface area (Å²) >= 11 is 5.95. The number of methoxy groups -OCH3 is 1. The maximum Gasteiger partial charge on any atom is 0.123 e. The fourth-order valence-electron chi connectivity index (χ4n) is 4.26. The Balaban J connectivity index is 1.35. The first-order valence-corrected chi connectivity index (χ1v) is 11.3. The summed E-state index contributed by atoms with van der Waals surface area (Å²) in [4.78, 5) is 0. The lowest BCUT2D eigenvalue weighted by Crippen LogP contribution is -2.19. The van der Waals surface area contributed by atoms with Crippen molar-refractivity contribution in [2.24, 2.45) is 0 Å². The molecule has 0 radical (unpaired) electrons. The second-order valence-electron chi connectivity index (χ2n) is 8.35. The summed E-state index contributed by atoms with van der Waals surface area (Å²) in [5.41, 5.74) is 4.58. The fraction of sp³-hybridized carbons (Fsp3) is 0.333. The molecule has 0 fully saturated rings. The summed E-state index contributed by atoms with van der Waals surface area (Å²) in [5.74, 6) is 2.39. The molecular weight excluding hydrogens is 408 g/mol. The Hall–Kier alpha value is -2.65. The largest absolute Gasteiger partial charge is 0.508 e. The maximum atomic E-state index is 10.6. The Morgan fingerprint density at radius 1 is 0.935 bits per heavy atom. The van der Waals surface area contributed by atoms with Gasteiger partial charge in [-0.2, -0.15) is 0 Å². The van der Waals surface area contributed by atoms with E-state index in [0.717, 1.165) is 59.8 Å². The van der Waals surface area contributed by atoms with Crippen LogP contribution < -0.4 is 9.47 Å². The Morgan fingerprint density at radius 3 is 2.32 bits per heavy atom. The number of ether oxygens (including phenoxy) is 2. The maximum absolute atomic E-state index is 10.6. The van der Waals surface area contributed by atoms with E-state index < -0.39 is 0 Å². The molecular formula is C27H29ClO3. The van der Waals surface area contributed by atoms with Gasteiger partial charge in [0, 0.05) is 22.9 Å². The zero-order valence-corrected chi connectivity index (χ0v) is 18.9. The van der Waals surface area contributed by atoms with Crippen molar-refractivity contribution in [2.45, 2.75) is 51.0 Å². The van der Waals surface area contributed by atoms with Gasteiger partial charge in [-0.15, -0.1) is 0 Å². The average Bonchev–Trinajstić information content (AvgIpc) is 3.07. The first-order valence-electron chi connectivity index (χ1n) is 10.9. The number of phenolic OH excluding ortho intramolecular Hbond substituents is 1. The van der Waals surface area contributed by atoms with Crippen molar-refractivity contribution in [3.8, 4) is 17.2 Å². The van der Waals surface area contributed by atoms with Crippen LogP contribution in [0.25, 0.3) is 0 Å². The predicted molar refractivity (Wildman–Crippen MR) is 126 cm³/mol. The van der Waals surface area contributed by atoms with E-state index in [9.17, 15) is 5.11 Å². The van der Waals surface area contributed by atoms with Crippen LogP contribution in [0.1, 0.15) is 47.9 Å². The molecule has 0 spiro atoms. The molecule has 1 N–H and O–H groups in total. The molecule has 2 atom stereocenters. The van der Waals surface area contributed by atoms with Gasteiger partial charge in [0.2, 0.25) is 0 Å². The molecule has 0 saturated heterocycles. The van der Waals surface area contributed by atoms with Crippen LogP contribution >= 0.6 is 11.6 Å². The van der Waals surface area contributed by atoms with Crippen LogP contribution in [-0.4, -0.2) is 18.3 Å². The number of aromatic hydroxyl groups is 1. The molecule has 0 bridgehead atoms. The van der Waals surface area contributed by atoms with E-state index in [0.29, 0.717) is 5.75 Å². The third kappa shape index (κ3) is 5.16. The number of rotatable bonds is 8. The molecule has 0 saturated carbocycles. The van der Waals surface area contributed by atoms with Crippen LogP contribution in [0.4, 0.5) is 0 Å². The average molecular weight is 437 g/mol. The Kier molecular flexibility index (Phi) is 6.72. The van der Waals surface area contributed by atoms with Crippen molar-refractivity contribution >= 4 is 11.6 Å². The van der Waals surface area contributed by atoms with Crippen LogP contribution in [0, 0.1) is 0 Å². The van der Waals surface area contributed by atoms with Crippen molar-refractivity contribution in [1.29, 1.82) is 0 Å². The quantitative estimate of drug-likeness (QED) is 0.398. The summed E-state index contributed by atoms with van der Waals surface area (Å²) in [6.07, 6.45) is 4.84. The summed E-state index contributed by atoms with van der Waals surface area (Å²) < 4.78 is 11.6. The van der Waals surface area contributed by atoms with Crippen LogP contribution in [-0.2, 0) is 19.3 Å². The molecule has 0 aromatic heterocycles. The van der Waals surface area contributed by atoms with Gasteiger partial charge >= 0.3 is 0 Å². The van der Waals surface area contributed by atoms with E-state index in [4.69, 9.17) is 21.1 Å². The monoisotopic (exact) mass is 436 g/mol. The third-order valence-electron chi connectivity index (χ3n) is 6.21. The standard InChI is InChI=1S/C27H29ClO3/c1-18-24-17-25(29)21(6-4-3-5-19-7-11-22(28)12-8-19)16-27(24)31-26(18)15-20-9-13-23(30-2)14-10-20/h7-14,16-18,26,29H,3-6,15H2,1-2H3. The summed E-state index contributed by atoms with van der Waals surface area (Å²) in [6.45, 7) is 2.17.